The van der Waals surface area contributed by atoms with Gasteiger partial charge in [-0.05, 0) is 48.5 Å². The lowest BCUT2D eigenvalue weighted by Gasteiger charge is -2.08. The van der Waals surface area contributed by atoms with Gasteiger partial charge in [-0.15, -0.1) is 0 Å². The Balaban J connectivity index is 1.61. The summed E-state index contributed by atoms with van der Waals surface area (Å²) in [6, 6.07) is 11.8. The number of hydrogen-bond acceptors (Lipinski definition) is 4. The van der Waals surface area contributed by atoms with E-state index in [1.807, 2.05) is 0 Å². The molecule has 1 amide bonds. The van der Waals surface area contributed by atoms with Crippen LogP contribution < -0.4 is 5.32 Å². The summed E-state index contributed by atoms with van der Waals surface area (Å²) in [6.45, 7) is -0.495. The molecular formula is C18H11Cl2FN2O3. The number of halogens is 3. The number of benzene rings is 2. The molecule has 0 radical (unpaired) electrons. The monoisotopic (exact) mass is 392 g/mol. The van der Waals surface area contributed by atoms with Gasteiger partial charge in [0.25, 0.3) is 5.91 Å². The minimum absolute atomic E-state index is 0.121. The summed E-state index contributed by atoms with van der Waals surface area (Å²) in [4.78, 5) is 28.1. The van der Waals surface area contributed by atoms with Gasteiger partial charge in [0.1, 0.15) is 11.0 Å². The molecule has 0 spiro atoms. The molecule has 1 N–H and O–H groups in total. The highest BCUT2D eigenvalue weighted by molar-refractivity contribution is 6.31. The molecule has 0 aliphatic rings. The Hall–Kier alpha value is -2.70. The SMILES string of the molecule is O=C(COC(=O)c1ccc2nc(Cl)ccc2c1)Nc1ccc(F)c(Cl)c1. The molecule has 5 nitrogen and oxygen atoms in total. The summed E-state index contributed by atoms with van der Waals surface area (Å²) in [6.07, 6.45) is 0. The molecule has 1 aromatic heterocycles. The minimum Gasteiger partial charge on any atom is -0.452 e. The van der Waals surface area contributed by atoms with Crippen LogP contribution in [-0.2, 0) is 9.53 Å². The van der Waals surface area contributed by atoms with Gasteiger partial charge in [-0.1, -0.05) is 23.2 Å². The van der Waals surface area contributed by atoms with Crippen molar-refractivity contribution in [2.75, 3.05) is 11.9 Å². The van der Waals surface area contributed by atoms with E-state index in [4.69, 9.17) is 27.9 Å². The predicted molar refractivity (Wildman–Crippen MR) is 97.1 cm³/mol. The van der Waals surface area contributed by atoms with Gasteiger partial charge in [-0.3, -0.25) is 4.79 Å². The Bertz CT molecular complexity index is 1010. The second-order valence-electron chi connectivity index (χ2n) is 5.29. The van der Waals surface area contributed by atoms with Gasteiger partial charge in [-0.25, -0.2) is 14.2 Å². The first kappa shape index (κ1) is 18.1. The summed E-state index contributed by atoms with van der Waals surface area (Å²) in [7, 11) is 0. The number of rotatable bonds is 4. The second kappa shape index (κ2) is 7.68. The average molecular weight is 393 g/mol. The van der Waals surface area contributed by atoms with Crippen LogP contribution >= 0.6 is 23.2 Å². The van der Waals surface area contributed by atoms with Crippen molar-refractivity contribution in [3.63, 3.8) is 0 Å². The topological polar surface area (TPSA) is 68.3 Å². The molecule has 0 saturated heterocycles. The molecule has 0 unspecified atom stereocenters. The minimum atomic E-state index is -0.658. The number of anilines is 1. The summed E-state index contributed by atoms with van der Waals surface area (Å²) in [5, 5.41) is 3.41. The van der Waals surface area contributed by atoms with Crippen molar-refractivity contribution in [2.24, 2.45) is 0 Å². The average Bonchev–Trinajstić information content (AvgIpc) is 2.62. The molecule has 3 rings (SSSR count). The van der Waals surface area contributed by atoms with Crippen LogP contribution in [0.3, 0.4) is 0 Å². The maximum Gasteiger partial charge on any atom is 0.338 e. The summed E-state index contributed by atoms with van der Waals surface area (Å²) in [5.41, 5.74) is 1.21. The molecule has 0 saturated carbocycles. The van der Waals surface area contributed by atoms with Crippen molar-refractivity contribution < 1.29 is 18.7 Å². The number of amides is 1. The maximum absolute atomic E-state index is 13.1. The number of nitrogens with one attached hydrogen (secondary N) is 1. The molecule has 8 heteroatoms. The summed E-state index contributed by atoms with van der Waals surface area (Å²) in [5.74, 6) is -1.83. The third kappa shape index (κ3) is 4.28. The number of esters is 1. The first-order valence-corrected chi connectivity index (χ1v) is 8.16. The zero-order chi connectivity index (χ0) is 18.7. The first-order valence-electron chi connectivity index (χ1n) is 7.41. The third-order valence-electron chi connectivity index (χ3n) is 3.43. The third-order valence-corrected chi connectivity index (χ3v) is 3.93. The molecule has 0 atom stereocenters. The highest BCUT2D eigenvalue weighted by Crippen LogP contribution is 2.20. The van der Waals surface area contributed by atoms with E-state index in [1.54, 1.807) is 24.3 Å². The molecule has 26 heavy (non-hydrogen) atoms. The normalized spacial score (nSPS) is 10.6. The van der Waals surface area contributed by atoms with Crippen molar-refractivity contribution in [3.8, 4) is 0 Å². The van der Waals surface area contributed by atoms with E-state index in [9.17, 15) is 14.0 Å². The van der Waals surface area contributed by atoms with E-state index < -0.39 is 24.3 Å². The van der Waals surface area contributed by atoms with Crippen molar-refractivity contribution in [1.82, 2.24) is 4.98 Å². The largest absolute Gasteiger partial charge is 0.452 e. The van der Waals surface area contributed by atoms with E-state index in [0.29, 0.717) is 21.7 Å². The fourth-order valence-corrected chi connectivity index (χ4v) is 2.55. The van der Waals surface area contributed by atoms with E-state index in [2.05, 4.69) is 10.3 Å². The van der Waals surface area contributed by atoms with Crippen LogP contribution in [0.4, 0.5) is 10.1 Å². The van der Waals surface area contributed by atoms with Crippen molar-refractivity contribution in [2.45, 2.75) is 0 Å². The van der Waals surface area contributed by atoms with Crippen LogP contribution in [0, 0.1) is 5.82 Å². The Labute approximate surface area is 157 Å². The number of aromatic nitrogens is 1. The summed E-state index contributed by atoms with van der Waals surface area (Å²) < 4.78 is 18.1. The van der Waals surface area contributed by atoms with E-state index in [1.165, 1.54) is 18.2 Å². The molecule has 3 aromatic rings. The molecule has 0 bridgehead atoms. The molecule has 2 aromatic carbocycles. The number of ether oxygens (including phenoxy) is 1. The number of pyridine rings is 1. The Kier molecular flexibility index (Phi) is 5.35. The molecule has 0 aliphatic carbocycles. The van der Waals surface area contributed by atoms with E-state index in [0.717, 1.165) is 6.07 Å². The second-order valence-corrected chi connectivity index (χ2v) is 6.09. The molecule has 1 heterocycles. The number of fused-ring (bicyclic) bond motifs is 1. The zero-order valence-corrected chi connectivity index (χ0v) is 14.6. The molecular weight excluding hydrogens is 382 g/mol. The lowest BCUT2D eigenvalue weighted by molar-refractivity contribution is -0.119. The van der Waals surface area contributed by atoms with Gasteiger partial charge < -0.3 is 10.1 Å². The van der Waals surface area contributed by atoms with Crippen molar-refractivity contribution >= 4 is 51.7 Å². The molecule has 0 fully saturated rings. The standard InChI is InChI=1S/C18H11Cl2FN2O3/c19-13-8-12(3-4-14(13)21)22-17(24)9-26-18(25)11-1-5-15-10(7-11)2-6-16(20)23-15/h1-8H,9H2,(H,22,24). The van der Waals surface area contributed by atoms with Crippen LogP contribution in [0.25, 0.3) is 10.9 Å². The number of nitrogens with zero attached hydrogens (tertiary/aromatic N) is 1. The van der Waals surface area contributed by atoms with Gasteiger partial charge >= 0.3 is 5.97 Å². The van der Waals surface area contributed by atoms with Crippen LogP contribution in [0.1, 0.15) is 10.4 Å². The van der Waals surface area contributed by atoms with Gasteiger partial charge in [0, 0.05) is 11.1 Å². The summed E-state index contributed by atoms with van der Waals surface area (Å²) >= 11 is 11.5. The highest BCUT2D eigenvalue weighted by atomic mass is 35.5. The van der Waals surface area contributed by atoms with Crippen LogP contribution in [0.2, 0.25) is 10.2 Å². The smallest absolute Gasteiger partial charge is 0.338 e. The molecule has 132 valence electrons. The first-order chi connectivity index (χ1) is 12.4. The maximum atomic E-state index is 13.1. The molecule has 0 aliphatic heterocycles. The lowest BCUT2D eigenvalue weighted by atomic mass is 10.1. The van der Waals surface area contributed by atoms with Crippen LogP contribution in [0.15, 0.2) is 48.5 Å². The van der Waals surface area contributed by atoms with Crippen molar-refractivity contribution in [1.29, 1.82) is 0 Å². The number of carbonyl (C=O) groups excluding carboxylic acids is 2. The Morgan fingerprint density at radius 1 is 1.08 bits per heavy atom. The fourth-order valence-electron chi connectivity index (χ4n) is 2.21. The van der Waals surface area contributed by atoms with Crippen LogP contribution in [-0.4, -0.2) is 23.5 Å². The lowest BCUT2D eigenvalue weighted by Crippen LogP contribution is -2.21. The number of hydrogen-bond donors (Lipinski definition) is 1. The van der Waals surface area contributed by atoms with Gasteiger partial charge in [0.05, 0.1) is 16.1 Å². The Morgan fingerprint density at radius 3 is 2.65 bits per heavy atom. The van der Waals surface area contributed by atoms with Gasteiger partial charge in [-0.2, -0.15) is 0 Å². The quantitative estimate of drug-likeness (QED) is 0.525. The zero-order valence-electron chi connectivity index (χ0n) is 13.1. The van der Waals surface area contributed by atoms with E-state index >= 15 is 0 Å². The Morgan fingerprint density at radius 2 is 1.88 bits per heavy atom. The fraction of sp³-hybridized carbons (Fsp3) is 0.0556. The van der Waals surface area contributed by atoms with Crippen LogP contribution in [0.5, 0.6) is 0 Å². The van der Waals surface area contributed by atoms with Gasteiger partial charge in [0.2, 0.25) is 0 Å². The van der Waals surface area contributed by atoms with Gasteiger partial charge in [0.15, 0.2) is 6.61 Å². The highest BCUT2D eigenvalue weighted by Gasteiger charge is 2.12. The van der Waals surface area contributed by atoms with E-state index in [-0.39, 0.29) is 10.6 Å². The predicted octanol–water partition coefficient (Wildman–Crippen LogP) is 4.48. The number of carbonyl (C=O) groups is 2. The van der Waals surface area contributed by atoms with Crippen molar-refractivity contribution in [3.05, 3.63) is 70.1 Å².